The van der Waals surface area contributed by atoms with Crippen molar-refractivity contribution in [3.63, 3.8) is 0 Å². The molecular formula is C27H32N2O5. The lowest BCUT2D eigenvalue weighted by molar-refractivity contribution is -0.139. The molecule has 2 aliphatic rings. The molecule has 1 aliphatic carbocycles. The van der Waals surface area contributed by atoms with E-state index in [1.54, 1.807) is 24.3 Å². The second-order valence-corrected chi connectivity index (χ2v) is 9.20. The lowest BCUT2D eigenvalue weighted by Gasteiger charge is -2.38. The van der Waals surface area contributed by atoms with Crippen LogP contribution in [0.4, 0.5) is 5.69 Å². The zero-order valence-corrected chi connectivity index (χ0v) is 19.8. The summed E-state index contributed by atoms with van der Waals surface area (Å²) in [6.07, 6.45) is 6.41. The van der Waals surface area contributed by atoms with Crippen LogP contribution in [0, 0.1) is 0 Å². The fourth-order valence-corrected chi connectivity index (χ4v) is 4.88. The van der Waals surface area contributed by atoms with E-state index in [1.165, 1.54) is 11.1 Å². The van der Waals surface area contributed by atoms with Gasteiger partial charge in [-0.2, -0.15) is 0 Å². The Kier molecular flexibility index (Phi) is 7.50. The molecule has 1 aliphatic heterocycles. The highest BCUT2D eigenvalue weighted by Gasteiger charge is 2.29. The minimum absolute atomic E-state index is 0.0300. The smallest absolute Gasteiger partial charge is 0.338 e. The highest BCUT2D eigenvalue weighted by molar-refractivity contribution is 5.95. The van der Waals surface area contributed by atoms with Gasteiger partial charge in [-0.05, 0) is 99.9 Å². The maximum absolute atomic E-state index is 12.6. The van der Waals surface area contributed by atoms with Crippen molar-refractivity contribution in [3.05, 3.63) is 59.2 Å². The van der Waals surface area contributed by atoms with E-state index in [1.807, 2.05) is 23.1 Å². The van der Waals surface area contributed by atoms with Crippen molar-refractivity contribution in [2.45, 2.75) is 64.5 Å². The van der Waals surface area contributed by atoms with Gasteiger partial charge in [-0.1, -0.05) is 6.07 Å². The number of likely N-dealkylation sites (tertiary alicyclic amines) is 1. The quantitative estimate of drug-likeness (QED) is 0.623. The number of aryl methyl sites for hydroxylation is 2. The Hall–Kier alpha value is -3.35. The van der Waals surface area contributed by atoms with Crippen LogP contribution in [0.1, 0.15) is 61.0 Å². The molecule has 0 saturated carbocycles. The third-order valence-corrected chi connectivity index (χ3v) is 6.65. The van der Waals surface area contributed by atoms with Crippen LogP contribution < -0.4 is 10.1 Å². The number of nitrogens with zero attached hydrogens (tertiary/aromatic N) is 1. The molecule has 2 aromatic carbocycles. The standard InChI is InChI=1S/C27H32N2O5/c1-18-5-3-6-19(2)29(18)26(31)17-33-24-13-10-21(11-14-24)27(32)34-16-25(30)28-23-12-9-20-7-4-8-22(20)15-23/h9-15,18-19H,3-8,16-17H2,1-2H3,(H,28,30)/t18-,19+. The molecular weight excluding hydrogens is 432 g/mol. The predicted molar refractivity (Wildman–Crippen MR) is 129 cm³/mol. The van der Waals surface area contributed by atoms with E-state index >= 15 is 0 Å². The number of fused-ring (bicyclic) bond motifs is 1. The third-order valence-electron chi connectivity index (χ3n) is 6.65. The molecule has 1 saturated heterocycles. The van der Waals surface area contributed by atoms with Crippen LogP contribution >= 0.6 is 0 Å². The van der Waals surface area contributed by atoms with E-state index in [2.05, 4.69) is 19.2 Å². The van der Waals surface area contributed by atoms with Crippen molar-refractivity contribution in [2.24, 2.45) is 0 Å². The van der Waals surface area contributed by atoms with Crippen LogP contribution in [0.3, 0.4) is 0 Å². The van der Waals surface area contributed by atoms with Crippen molar-refractivity contribution in [2.75, 3.05) is 18.5 Å². The van der Waals surface area contributed by atoms with Crippen molar-refractivity contribution in [1.29, 1.82) is 0 Å². The van der Waals surface area contributed by atoms with Gasteiger partial charge in [0.1, 0.15) is 5.75 Å². The van der Waals surface area contributed by atoms with Gasteiger partial charge in [-0.3, -0.25) is 9.59 Å². The van der Waals surface area contributed by atoms with Crippen LogP contribution in [0.5, 0.6) is 5.75 Å². The van der Waals surface area contributed by atoms with Crippen LogP contribution in [0.2, 0.25) is 0 Å². The molecule has 1 heterocycles. The van der Waals surface area contributed by atoms with Gasteiger partial charge >= 0.3 is 5.97 Å². The normalized spacial score (nSPS) is 19.3. The Morgan fingerprint density at radius 3 is 2.35 bits per heavy atom. The molecule has 1 N–H and O–H groups in total. The lowest BCUT2D eigenvalue weighted by atomic mass is 9.97. The number of hydrogen-bond acceptors (Lipinski definition) is 5. The highest BCUT2D eigenvalue weighted by atomic mass is 16.5. The summed E-state index contributed by atoms with van der Waals surface area (Å²) in [7, 11) is 0. The monoisotopic (exact) mass is 464 g/mol. The number of carbonyl (C=O) groups is 3. The van der Waals surface area contributed by atoms with Crippen molar-refractivity contribution < 1.29 is 23.9 Å². The molecule has 0 spiro atoms. The summed E-state index contributed by atoms with van der Waals surface area (Å²) in [5.74, 6) is -0.511. The molecule has 34 heavy (non-hydrogen) atoms. The van der Waals surface area contributed by atoms with E-state index in [4.69, 9.17) is 9.47 Å². The van der Waals surface area contributed by atoms with Gasteiger partial charge in [0, 0.05) is 17.8 Å². The molecule has 4 rings (SSSR count). The molecule has 0 unspecified atom stereocenters. The SMILES string of the molecule is C[C@@H]1CCC[C@H](C)N1C(=O)COc1ccc(C(=O)OCC(=O)Nc2ccc3c(c2)CCC3)cc1. The van der Waals surface area contributed by atoms with Crippen LogP contribution in [-0.4, -0.2) is 48.0 Å². The van der Waals surface area contributed by atoms with Crippen LogP contribution in [0.15, 0.2) is 42.5 Å². The van der Waals surface area contributed by atoms with Crippen molar-refractivity contribution >= 4 is 23.5 Å². The maximum atomic E-state index is 12.6. The number of nitrogens with one attached hydrogen (secondary N) is 1. The Balaban J connectivity index is 1.22. The first-order chi connectivity index (χ1) is 16.4. The number of esters is 1. The first-order valence-electron chi connectivity index (χ1n) is 12.0. The van der Waals surface area contributed by atoms with Gasteiger partial charge < -0.3 is 19.7 Å². The number of piperidine rings is 1. The van der Waals surface area contributed by atoms with Gasteiger partial charge in [0.05, 0.1) is 5.56 Å². The average Bonchev–Trinajstić information content (AvgIpc) is 3.29. The molecule has 1 fully saturated rings. The number of carbonyl (C=O) groups excluding carboxylic acids is 3. The topological polar surface area (TPSA) is 84.9 Å². The summed E-state index contributed by atoms with van der Waals surface area (Å²) < 4.78 is 10.8. The van der Waals surface area contributed by atoms with Gasteiger partial charge in [-0.25, -0.2) is 4.79 Å². The highest BCUT2D eigenvalue weighted by Crippen LogP contribution is 2.25. The Morgan fingerprint density at radius 1 is 0.912 bits per heavy atom. The Morgan fingerprint density at radius 2 is 1.62 bits per heavy atom. The minimum atomic E-state index is -0.595. The molecule has 180 valence electrons. The molecule has 2 amide bonds. The first-order valence-corrected chi connectivity index (χ1v) is 12.0. The summed E-state index contributed by atoms with van der Waals surface area (Å²) in [4.78, 5) is 39.0. The van der Waals surface area contributed by atoms with Crippen molar-refractivity contribution in [3.8, 4) is 5.75 Å². The van der Waals surface area contributed by atoms with Gasteiger partial charge in [0.25, 0.3) is 11.8 Å². The summed E-state index contributed by atoms with van der Waals surface area (Å²) in [5.41, 5.74) is 3.61. The van der Waals surface area contributed by atoms with Gasteiger partial charge in [0.2, 0.25) is 0 Å². The molecule has 0 radical (unpaired) electrons. The van der Waals surface area contributed by atoms with Crippen molar-refractivity contribution in [1.82, 2.24) is 4.90 Å². The Labute approximate surface area is 200 Å². The molecule has 7 heteroatoms. The zero-order valence-electron chi connectivity index (χ0n) is 19.8. The third kappa shape index (κ3) is 5.76. The van der Waals surface area contributed by atoms with Crippen LogP contribution in [0.25, 0.3) is 0 Å². The van der Waals surface area contributed by atoms with Crippen LogP contribution in [-0.2, 0) is 27.2 Å². The van der Waals surface area contributed by atoms with E-state index in [-0.39, 0.29) is 37.1 Å². The maximum Gasteiger partial charge on any atom is 0.338 e. The fourth-order valence-electron chi connectivity index (χ4n) is 4.88. The minimum Gasteiger partial charge on any atom is -0.484 e. The van der Waals surface area contributed by atoms with Gasteiger partial charge in [-0.15, -0.1) is 0 Å². The second kappa shape index (κ2) is 10.7. The predicted octanol–water partition coefficient (Wildman–Crippen LogP) is 4.14. The van der Waals surface area contributed by atoms with Gasteiger partial charge in [0.15, 0.2) is 13.2 Å². The summed E-state index contributed by atoms with van der Waals surface area (Å²) >= 11 is 0. The zero-order chi connectivity index (χ0) is 24.1. The lowest BCUT2D eigenvalue weighted by Crippen LogP contribution is -2.49. The number of hydrogen-bond donors (Lipinski definition) is 1. The average molecular weight is 465 g/mol. The second-order valence-electron chi connectivity index (χ2n) is 9.20. The largest absolute Gasteiger partial charge is 0.484 e. The first kappa shape index (κ1) is 23.8. The number of ether oxygens (including phenoxy) is 2. The molecule has 0 aromatic heterocycles. The summed E-state index contributed by atoms with van der Waals surface area (Å²) in [5, 5.41) is 2.78. The number of rotatable bonds is 7. The van der Waals surface area contributed by atoms with E-state index < -0.39 is 5.97 Å². The number of benzene rings is 2. The van der Waals surface area contributed by atoms with E-state index in [9.17, 15) is 14.4 Å². The van der Waals surface area contributed by atoms with E-state index in [0.717, 1.165) is 38.5 Å². The number of amides is 2. The summed E-state index contributed by atoms with van der Waals surface area (Å²) in [6, 6.07) is 12.7. The fraction of sp³-hybridized carbons (Fsp3) is 0.444. The molecule has 7 nitrogen and oxygen atoms in total. The molecule has 2 aromatic rings. The molecule has 2 atom stereocenters. The Bertz CT molecular complexity index is 1040. The summed E-state index contributed by atoms with van der Waals surface area (Å²) in [6.45, 7) is 3.73. The number of anilines is 1. The molecule has 0 bridgehead atoms. The van der Waals surface area contributed by atoms with E-state index in [0.29, 0.717) is 17.0 Å².